The molecule has 104 valence electrons. The van der Waals surface area contributed by atoms with Gasteiger partial charge in [-0.05, 0) is 32.0 Å². The van der Waals surface area contributed by atoms with E-state index in [4.69, 9.17) is 11.6 Å². The molecule has 1 fully saturated rings. The van der Waals surface area contributed by atoms with Crippen LogP contribution in [0.4, 0.5) is 8.78 Å². The zero-order valence-electron chi connectivity index (χ0n) is 10.5. The van der Waals surface area contributed by atoms with Crippen LogP contribution in [0.5, 0.6) is 0 Å². The van der Waals surface area contributed by atoms with E-state index in [-0.39, 0.29) is 10.6 Å². The van der Waals surface area contributed by atoms with Gasteiger partial charge in [-0.3, -0.25) is 4.79 Å². The van der Waals surface area contributed by atoms with E-state index in [0.717, 1.165) is 25.0 Å². The van der Waals surface area contributed by atoms with Crippen molar-refractivity contribution in [2.45, 2.75) is 18.9 Å². The third-order valence-electron chi connectivity index (χ3n) is 3.43. The summed E-state index contributed by atoms with van der Waals surface area (Å²) in [6.45, 7) is 1.07. The Labute approximate surface area is 115 Å². The Kier molecular flexibility index (Phi) is 4.37. The van der Waals surface area contributed by atoms with Gasteiger partial charge in [0, 0.05) is 19.1 Å². The Bertz CT molecular complexity index is 488. The summed E-state index contributed by atoms with van der Waals surface area (Å²) in [6.07, 6.45) is 1.61. The maximum Gasteiger partial charge on any atom is 0.256 e. The van der Waals surface area contributed by atoms with Crippen molar-refractivity contribution in [1.82, 2.24) is 10.2 Å². The fourth-order valence-electron chi connectivity index (χ4n) is 2.23. The van der Waals surface area contributed by atoms with Gasteiger partial charge in [0.05, 0.1) is 10.6 Å². The van der Waals surface area contributed by atoms with E-state index in [2.05, 4.69) is 5.32 Å². The molecule has 0 aliphatic carbocycles. The molecule has 0 unspecified atom stereocenters. The van der Waals surface area contributed by atoms with E-state index in [1.165, 1.54) is 0 Å². The minimum atomic E-state index is -0.785. The highest BCUT2D eigenvalue weighted by Crippen LogP contribution is 2.22. The minimum Gasteiger partial charge on any atom is -0.338 e. The van der Waals surface area contributed by atoms with Crippen LogP contribution in [0.1, 0.15) is 23.2 Å². The lowest BCUT2D eigenvalue weighted by atomic mass is 10.0. The molecule has 0 atom stereocenters. The second-order valence-corrected chi connectivity index (χ2v) is 5.01. The number of likely N-dealkylation sites (tertiary alicyclic amines) is 1. The molecule has 0 aromatic heterocycles. The number of rotatable bonds is 2. The van der Waals surface area contributed by atoms with Gasteiger partial charge in [-0.15, -0.1) is 0 Å². The zero-order chi connectivity index (χ0) is 14.0. The third kappa shape index (κ3) is 3.04. The number of piperidine rings is 1. The number of benzene rings is 1. The molecule has 0 spiro atoms. The largest absolute Gasteiger partial charge is 0.338 e. The van der Waals surface area contributed by atoms with Crippen molar-refractivity contribution in [2.24, 2.45) is 0 Å². The molecule has 1 aromatic carbocycles. The summed E-state index contributed by atoms with van der Waals surface area (Å²) in [5.41, 5.74) is -0.259. The van der Waals surface area contributed by atoms with Crippen molar-refractivity contribution in [3.05, 3.63) is 34.4 Å². The van der Waals surface area contributed by atoms with Crippen LogP contribution in [0.2, 0.25) is 5.02 Å². The fourth-order valence-corrected chi connectivity index (χ4v) is 2.38. The van der Waals surface area contributed by atoms with Crippen molar-refractivity contribution in [3.8, 4) is 0 Å². The van der Waals surface area contributed by atoms with Crippen LogP contribution in [0.15, 0.2) is 12.1 Å². The molecule has 1 aromatic rings. The summed E-state index contributed by atoms with van der Waals surface area (Å²) in [5, 5.41) is 2.82. The molecule has 0 saturated carbocycles. The summed E-state index contributed by atoms with van der Waals surface area (Å²) in [4.78, 5) is 13.7. The summed E-state index contributed by atoms with van der Waals surface area (Å²) in [6, 6.07) is 2.07. The van der Waals surface area contributed by atoms with Crippen LogP contribution in [0, 0.1) is 11.6 Å². The molecule has 0 radical (unpaired) electrons. The Morgan fingerprint density at radius 2 is 1.95 bits per heavy atom. The van der Waals surface area contributed by atoms with Gasteiger partial charge in [-0.2, -0.15) is 0 Å². The smallest absolute Gasteiger partial charge is 0.256 e. The second-order valence-electron chi connectivity index (χ2n) is 4.60. The molecule has 1 heterocycles. The normalized spacial score (nSPS) is 16.7. The first kappa shape index (κ1) is 14.2. The van der Waals surface area contributed by atoms with Gasteiger partial charge in [0.1, 0.15) is 11.6 Å². The predicted molar refractivity (Wildman–Crippen MR) is 69.4 cm³/mol. The Hall–Kier alpha value is -1.20. The Balaban J connectivity index is 2.14. The molecule has 3 nitrogen and oxygen atoms in total. The van der Waals surface area contributed by atoms with E-state index < -0.39 is 17.5 Å². The first-order chi connectivity index (χ1) is 9.02. The van der Waals surface area contributed by atoms with Crippen molar-refractivity contribution in [1.29, 1.82) is 0 Å². The lowest BCUT2D eigenvalue weighted by molar-refractivity contribution is 0.0702. The molecule has 1 aliphatic rings. The molecular formula is C13H15ClF2N2O. The van der Waals surface area contributed by atoms with Crippen LogP contribution >= 0.6 is 11.6 Å². The number of amides is 1. The van der Waals surface area contributed by atoms with Crippen molar-refractivity contribution in [3.63, 3.8) is 0 Å². The number of hydrogen-bond donors (Lipinski definition) is 1. The molecule has 1 saturated heterocycles. The van der Waals surface area contributed by atoms with Crippen LogP contribution in [0.3, 0.4) is 0 Å². The monoisotopic (exact) mass is 288 g/mol. The van der Waals surface area contributed by atoms with E-state index in [1.807, 2.05) is 7.05 Å². The van der Waals surface area contributed by atoms with E-state index in [0.29, 0.717) is 19.1 Å². The molecule has 0 bridgehead atoms. The van der Waals surface area contributed by atoms with E-state index in [9.17, 15) is 13.6 Å². The van der Waals surface area contributed by atoms with Gasteiger partial charge < -0.3 is 10.2 Å². The van der Waals surface area contributed by atoms with E-state index >= 15 is 0 Å². The highest BCUT2D eigenvalue weighted by Gasteiger charge is 2.25. The standard InChI is InChI=1S/C13H15ClF2N2O/c1-17-8-2-4-18(5-3-8)13(19)9-6-12(16)10(14)7-11(9)15/h6-8,17H,2-5H2,1H3. The SMILES string of the molecule is CNC1CCN(C(=O)c2cc(F)c(Cl)cc2F)CC1. The predicted octanol–water partition coefficient (Wildman–Crippen LogP) is 2.44. The highest BCUT2D eigenvalue weighted by atomic mass is 35.5. The van der Waals surface area contributed by atoms with Crippen LogP contribution < -0.4 is 5.32 Å². The lowest BCUT2D eigenvalue weighted by Gasteiger charge is -2.31. The molecule has 1 N–H and O–H groups in total. The molecule has 6 heteroatoms. The fraction of sp³-hybridized carbons (Fsp3) is 0.462. The molecular weight excluding hydrogens is 274 g/mol. The molecule has 19 heavy (non-hydrogen) atoms. The molecule has 1 amide bonds. The molecule has 2 rings (SSSR count). The van der Waals surface area contributed by atoms with Crippen molar-refractivity contribution >= 4 is 17.5 Å². The first-order valence-electron chi connectivity index (χ1n) is 6.14. The average Bonchev–Trinajstić information content (AvgIpc) is 2.42. The number of carbonyl (C=O) groups is 1. The van der Waals surface area contributed by atoms with Crippen LogP contribution in [-0.2, 0) is 0 Å². The summed E-state index contributed by atoms with van der Waals surface area (Å²) in [7, 11) is 1.87. The maximum atomic E-state index is 13.7. The van der Waals surface area contributed by atoms with E-state index in [1.54, 1.807) is 4.90 Å². The third-order valence-corrected chi connectivity index (χ3v) is 3.72. The topological polar surface area (TPSA) is 32.3 Å². The molecule has 1 aliphatic heterocycles. The number of nitrogens with one attached hydrogen (secondary N) is 1. The van der Waals surface area contributed by atoms with Crippen molar-refractivity contribution < 1.29 is 13.6 Å². The first-order valence-corrected chi connectivity index (χ1v) is 6.51. The van der Waals surface area contributed by atoms with Gasteiger partial charge >= 0.3 is 0 Å². The van der Waals surface area contributed by atoms with Crippen LogP contribution in [-0.4, -0.2) is 37.0 Å². The lowest BCUT2D eigenvalue weighted by Crippen LogP contribution is -2.44. The zero-order valence-corrected chi connectivity index (χ0v) is 11.3. The van der Waals surface area contributed by atoms with Gasteiger partial charge in [0.2, 0.25) is 0 Å². The summed E-state index contributed by atoms with van der Waals surface area (Å²) >= 11 is 5.47. The summed E-state index contributed by atoms with van der Waals surface area (Å²) < 4.78 is 27.0. The number of nitrogens with zero attached hydrogens (tertiary/aromatic N) is 1. The van der Waals surface area contributed by atoms with Crippen LogP contribution in [0.25, 0.3) is 0 Å². The second kappa shape index (κ2) is 5.84. The highest BCUT2D eigenvalue weighted by molar-refractivity contribution is 6.30. The number of hydrogen-bond acceptors (Lipinski definition) is 2. The Morgan fingerprint density at radius 1 is 1.32 bits per heavy atom. The van der Waals surface area contributed by atoms with Gasteiger partial charge in [0.25, 0.3) is 5.91 Å². The van der Waals surface area contributed by atoms with Crippen molar-refractivity contribution in [2.75, 3.05) is 20.1 Å². The van der Waals surface area contributed by atoms with Gasteiger partial charge in [0.15, 0.2) is 0 Å². The van der Waals surface area contributed by atoms with Gasteiger partial charge in [-0.1, -0.05) is 11.6 Å². The van der Waals surface area contributed by atoms with Gasteiger partial charge in [-0.25, -0.2) is 8.78 Å². The average molecular weight is 289 g/mol. The summed E-state index contributed by atoms with van der Waals surface area (Å²) in [5.74, 6) is -2.05. The minimum absolute atomic E-state index is 0.259. The Morgan fingerprint density at radius 3 is 2.53 bits per heavy atom. The quantitative estimate of drug-likeness (QED) is 0.848. The maximum absolute atomic E-state index is 13.7. The number of carbonyl (C=O) groups excluding carboxylic acids is 1. The number of halogens is 3.